The van der Waals surface area contributed by atoms with Gasteiger partial charge in [-0.15, -0.1) is 12.4 Å². The lowest BCUT2D eigenvalue weighted by atomic mass is 10.1. The quantitative estimate of drug-likeness (QED) is 0.782. The molecule has 1 atom stereocenters. The van der Waals surface area contributed by atoms with Crippen molar-refractivity contribution in [3.8, 4) is 0 Å². The molecule has 80 valence electrons. The van der Waals surface area contributed by atoms with Gasteiger partial charge in [-0.1, -0.05) is 30.3 Å². The Balaban J connectivity index is 0.00000169. The summed E-state index contributed by atoms with van der Waals surface area (Å²) >= 11 is 0. The number of rotatable bonds is 4. The smallest absolute Gasteiger partial charge is 0.175 e. The van der Waals surface area contributed by atoms with Crippen LogP contribution in [0.4, 0.5) is 0 Å². The molecule has 1 aromatic carbocycles. The Bertz CT molecular complexity index is 239. The highest BCUT2D eigenvalue weighted by atomic mass is 35.5. The first kappa shape index (κ1) is 13.4. The van der Waals surface area contributed by atoms with E-state index in [0.29, 0.717) is 0 Å². The first-order chi connectivity index (χ1) is 6.29. The van der Waals surface area contributed by atoms with Gasteiger partial charge in [0.05, 0.1) is 6.04 Å². The van der Waals surface area contributed by atoms with Gasteiger partial charge in [-0.2, -0.15) is 0 Å². The Morgan fingerprint density at radius 2 is 1.57 bits per heavy atom. The van der Waals surface area contributed by atoms with E-state index in [1.165, 1.54) is 0 Å². The zero-order valence-electron chi connectivity index (χ0n) is 8.34. The third kappa shape index (κ3) is 3.27. The molecular weight excluding hydrogens is 202 g/mol. The summed E-state index contributed by atoms with van der Waals surface area (Å²) in [5.41, 5.74) is 6.92. The van der Waals surface area contributed by atoms with Gasteiger partial charge in [0.25, 0.3) is 0 Å². The summed E-state index contributed by atoms with van der Waals surface area (Å²) < 4.78 is 10.1. The van der Waals surface area contributed by atoms with Crippen molar-refractivity contribution in [2.45, 2.75) is 12.3 Å². The molecule has 0 aliphatic heterocycles. The van der Waals surface area contributed by atoms with Crippen molar-refractivity contribution < 1.29 is 9.47 Å². The second-order valence-electron chi connectivity index (χ2n) is 2.78. The van der Waals surface area contributed by atoms with Crippen molar-refractivity contribution in [1.82, 2.24) is 0 Å². The summed E-state index contributed by atoms with van der Waals surface area (Å²) in [6, 6.07) is 9.50. The lowest BCUT2D eigenvalue weighted by Gasteiger charge is -2.20. The van der Waals surface area contributed by atoms with Gasteiger partial charge >= 0.3 is 0 Å². The maximum Gasteiger partial charge on any atom is 0.175 e. The highest BCUT2D eigenvalue weighted by Crippen LogP contribution is 2.15. The van der Waals surface area contributed by atoms with Crippen LogP contribution in [0.15, 0.2) is 30.3 Å². The lowest BCUT2D eigenvalue weighted by Crippen LogP contribution is -2.29. The van der Waals surface area contributed by atoms with E-state index in [1.807, 2.05) is 30.3 Å². The van der Waals surface area contributed by atoms with Crippen LogP contribution in [-0.4, -0.2) is 20.5 Å². The number of nitrogens with two attached hydrogens (primary N) is 1. The van der Waals surface area contributed by atoms with Crippen LogP contribution in [0, 0.1) is 0 Å². The van der Waals surface area contributed by atoms with Crippen LogP contribution in [0.1, 0.15) is 11.6 Å². The molecule has 0 heterocycles. The van der Waals surface area contributed by atoms with E-state index in [4.69, 9.17) is 15.2 Å². The normalized spacial score (nSPS) is 12.3. The summed E-state index contributed by atoms with van der Waals surface area (Å²) in [6.07, 6.45) is -0.387. The summed E-state index contributed by atoms with van der Waals surface area (Å²) in [4.78, 5) is 0. The van der Waals surface area contributed by atoms with Crippen LogP contribution in [0.3, 0.4) is 0 Å². The molecule has 0 spiro atoms. The Morgan fingerprint density at radius 3 is 2.00 bits per heavy atom. The van der Waals surface area contributed by atoms with Gasteiger partial charge in [0.15, 0.2) is 6.29 Å². The van der Waals surface area contributed by atoms with Gasteiger partial charge in [-0.25, -0.2) is 0 Å². The van der Waals surface area contributed by atoms with Gasteiger partial charge in [0, 0.05) is 14.2 Å². The standard InChI is InChI=1S/C10H15NO2.ClH/c1-12-10(13-2)9(11)8-6-4-3-5-7-8;/h3-7,9-10H,11H2,1-2H3;1H. The predicted octanol–water partition coefficient (Wildman–Crippen LogP) is 1.73. The maximum atomic E-state index is 5.91. The molecule has 0 saturated heterocycles. The average Bonchev–Trinajstić information content (AvgIpc) is 2.21. The zero-order chi connectivity index (χ0) is 9.68. The molecule has 1 unspecified atom stereocenters. The van der Waals surface area contributed by atoms with Crippen LogP contribution in [0.2, 0.25) is 0 Å². The number of methoxy groups -OCH3 is 2. The molecule has 3 nitrogen and oxygen atoms in total. The second kappa shape index (κ2) is 6.79. The maximum absolute atomic E-state index is 5.91. The van der Waals surface area contributed by atoms with Crippen molar-refractivity contribution >= 4 is 12.4 Å². The molecule has 0 aliphatic carbocycles. The highest BCUT2D eigenvalue weighted by Gasteiger charge is 2.17. The fraction of sp³-hybridized carbons (Fsp3) is 0.400. The summed E-state index contributed by atoms with van der Waals surface area (Å²) in [7, 11) is 3.16. The molecule has 4 heteroatoms. The van der Waals surface area contributed by atoms with Crippen molar-refractivity contribution in [3.05, 3.63) is 35.9 Å². The SMILES string of the molecule is COC(OC)C(N)c1ccccc1.Cl. The summed E-state index contributed by atoms with van der Waals surface area (Å²) in [6.45, 7) is 0. The first-order valence-electron chi connectivity index (χ1n) is 4.15. The Labute approximate surface area is 90.6 Å². The Morgan fingerprint density at radius 1 is 1.07 bits per heavy atom. The molecule has 1 aromatic rings. The monoisotopic (exact) mass is 217 g/mol. The average molecular weight is 218 g/mol. The van der Waals surface area contributed by atoms with Crippen LogP contribution in [0.25, 0.3) is 0 Å². The number of hydrogen-bond donors (Lipinski definition) is 1. The third-order valence-electron chi connectivity index (χ3n) is 1.94. The fourth-order valence-electron chi connectivity index (χ4n) is 1.22. The van der Waals surface area contributed by atoms with Crippen molar-refractivity contribution in [1.29, 1.82) is 0 Å². The van der Waals surface area contributed by atoms with E-state index in [9.17, 15) is 0 Å². The minimum absolute atomic E-state index is 0. The number of hydrogen-bond acceptors (Lipinski definition) is 3. The van der Waals surface area contributed by atoms with E-state index < -0.39 is 0 Å². The molecule has 0 saturated carbocycles. The van der Waals surface area contributed by atoms with Crippen molar-refractivity contribution in [3.63, 3.8) is 0 Å². The predicted molar refractivity (Wildman–Crippen MR) is 58.4 cm³/mol. The number of benzene rings is 1. The summed E-state index contributed by atoms with van der Waals surface area (Å²) in [5, 5.41) is 0. The number of ether oxygens (including phenoxy) is 2. The molecule has 1 rings (SSSR count). The first-order valence-corrected chi connectivity index (χ1v) is 4.15. The third-order valence-corrected chi connectivity index (χ3v) is 1.94. The Hall–Kier alpha value is -0.610. The largest absolute Gasteiger partial charge is 0.354 e. The van der Waals surface area contributed by atoms with E-state index >= 15 is 0 Å². The van der Waals surface area contributed by atoms with Crippen molar-refractivity contribution in [2.75, 3.05) is 14.2 Å². The molecule has 0 aliphatic rings. The minimum Gasteiger partial charge on any atom is -0.354 e. The van der Waals surface area contributed by atoms with Crippen LogP contribution in [0.5, 0.6) is 0 Å². The van der Waals surface area contributed by atoms with Gasteiger partial charge in [0.1, 0.15) is 0 Å². The van der Waals surface area contributed by atoms with Crippen molar-refractivity contribution in [2.24, 2.45) is 5.73 Å². The molecule has 0 aromatic heterocycles. The Kier molecular flexibility index (Phi) is 6.49. The van der Waals surface area contributed by atoms with Gasteiger partial charge in [-0.05, 0) is 5.56 Å². The second-order valence-corrected chi connectivity index (χ2v) is 2.78. The van der Waals surface area contributed by atoms with Gasteiger partial charge < -0.3 is 15.2 Å². The van der Waals surface area contributed by atoms with E-state index in [2.05, 4.69) is 0 Å². The fourth-order valence-corrected chi connectivity index (χ4v) is 1.22. The lowest BCUT2D eigenvalue weighted by molar-refractivity contribution is -0.117. The van der Waals surface area contributed by atoms with Gasteiger partial charge in [0.2, 0.25) is 0 Å². The van der Waals surface area contributed by atoms with E-state index in [0.717, 1.165) is 5.56 Å². The molecule has 0 radical (unpaired) electrons. The van der Waals surface area contributed by atoms with Crippen LogP contribution >= 0.6 is 12.4 Å². The molecular formula is C10H16ClNO2. The van der Waals surface area contributed by atoms with Crippen LogP contribution in [-0.2, 0) is 9.47 Å². The minimum atomic E-state index is -0.387. The molecule has 0 fully saturated rings. The highest BCUT2D eigenvalue weighted by molar-refractivity contribution is 5.85. The molecule has 0 bridgehead atoms. The molecule has 14 heavy (non-hydrogen) atoms. The molecule has 2 N–H and O–H groups in total. The van der Waals surface area contributed by atoms with Crippen LogP contribution < -0.4 is 5.73 Å². The van der Waals surface area contributed by atoms with Gasteiger partial charge in [-0.3, -0.25) is 0 Å². The number of halogens is 1. The summed E-state index contributed by atoms with van der Waals surface area (Å²) in [5.74, 6) is 0. The van der Waals surface area contributed by atoms with E-state index in [-0.39, 0.29) is 24.7 Å². The molecule has 0 amide bonds. The van der Waals surface area contributed by atoms with E-state index in [1.54, 1.807) is 14.2 Å². The zero-order valence-corrected chi connectivity index (χ0v) is 9.16. The topological polar surface area (TPSA) is 44.5 Å².